The fourth-order valence-corrected chi connectivity index (χ4v) is 3.23. The van der Waals surface area contributed by atoms with Gasteiger partial charge in [0, 0.05) is 12.5 Å². The van der Waals surface area contributed by atoms with Crippen molar-refractivity contribution in [2.24, 2.45) is 0 Å². The molecule has 1 aromatic rings. The van der Waals surface area contributed by atoms with Crippen LogP contribution in [0.15, 0.2) is 30.4 Å². The van der Waals surface area contributed by atoms with E-state index in [1.54, 1.807) is 12.1 Å². The average Bonchev–Trinajstić information content (AvgIpc) is 3.19. The van der Waals surface area contributed by atoms with E-state index in [0.29, 0.717) is 17.9 Å². The molecule has 0 spiro atoms. The third-order valence-electron chi connectivity index (χ3n) is 5.01. The summed E-state index contributed by atoms with van der Waals surface area (Å²) in [6.07, 6.45) is 21.2. The van der Waals surface area contributed by atoms with Crippen LogP contribution in [0.25, 0.3) is 0 Å². The minimum atomic E-state index is -0.664. The van der Waals surface area contributed by atoms with Crippen molar-refractivity contribution >= 4 is 5.97 Å². The zero-order chi connectivity index (χ0) is 21.9. The second-order valence-corrected chi connectivity index (χ2v) is 7.77. The zero-order valence-corrected chi connectivity index (χ0v) is 18.6. The number of phenolic OH excluding ortho intramolecular Hbond substituents is 1. The van der Waals surface area contributed by atoms with Gasteiger partial charge in [-0.1, -0.05) is 70.4 Å². The SMILES string of the molecule is CCCCCCCCC=CCCCCCCCC(=O)O.Oc1ccc2c(c1)OCO2. The van der Waals surface area contributed by atoms with E-state index in [9.17, 15) is 4.79 Å². The standard InChI is InChI=1S/C18H34O2.C7H6O3/c1-2-3-4-5-6-7-8-9-10-11-12-13-14-15-16-17-18(19)20;8-5-1-2-6-7(3-5)10-4-9-6/h9-10H,2-8,11-17H2,1H3,(H,19,20);1-3,8H,4H2. The number of carboxylic acids is 1. The summed E-state index contributed by atoms with van der Waals surface area (Å²) in [7, 11) is 0. The normalized spacial score (nSPS) is 12.0. The van der Waals surface area contributed by atoms with E-state index in [-0.39, 0.29) is 12.5 Å². The first-order valence-electron chi connectivity index (χ1n) is 11.6. The van der Waals surface area contributed by atoms with Gasteiger partial charge in [0.05, 0.1) is 0 Å². The fraction of sp³-hybridized carbons (Fsp3) is 0.640. The van der Waals surface area contributed by atoms with Gasteiger partial charge in [-0.15, -0.1) is 0 Å². The maximum atomic E-state index is 10.3. The Morgan fingerprint density at radius 3 is 2.07 bits per heavy atom. The van der Waals surface area contributed by atoms with Crippen LogP contribution in [-0.2, 0) is 4.79 Å². The lowest BCUT2D eigenvalue weighted by atomic mass is 10.1. The van der Waals surface area contributed by atoms with Gasteiger partial charge in [-0.25, -0.2) is 0 Å². The number of carboxylic acid groups (broad SMARTS) is 1. The maximum absolute atomic E-state index is 10.3. The number of aromatic hydroxyl groups is 1. The first kappa shape index (κ1) is 25.9. The predicted octanol–water partition coefficient (Wildman–Crippen LogP) is 7.23. The van der Waals surface area contributed by atoms with E-state index in [1.165, 1.54) is 76.7 Å². The molecule has 0 aliphatic carbocycles. The summed E-state index contributed by atoms with van der Waals surface area (Å²) in [5.41, 5.74) is 0. The number of hydrogen-bond donors (Lipinski definition) is 2. The topological polar surface area (TPSA) is 76.0 Å². The van der Waals surface area contributed by atoms with Crippen LogP contribution in [0.3, 0.4) is 0 Å². The number of aliphatic carboxylic acids is 1. The van der Waals surface area contributed by atoms with Gasteiger partial charge in [0.25, 0.3) is 0 Å². The molecule has 2 rings (SSSR count). The lowest BCUT2D eigenvalue weighted by Crippen LogP contribution is -1.93. The lowest BCUT2D eigenvalue weighted by Gasteiger charge is -1.99. The van der Waals surface area contributed by atoms with Crippen molar-refractivity contribution in [2.75, 3.05) is 6.79 Å². The Kier molecular flexibility index (Phi) is 15.2. The van der Waals surface area contributed by atoms with Gasteiger partial charge >= 0.3 is 5.97 Å². The van der Waals surface area contributed by atoms with Crippen LogP contribution in [0.1, 0.15) is 96.8 Å². The van der Waals surface area contributed by atoms with Gasteiger partial charge in [-0.2, -0.15) is 0 Å². The number of unbranched alkanes of at least 4 members (excludes halogenated alkanes) is 11. The van der Waals surface area contributed by atoms with E-state index in [4.69, 9.17) is 19.7 Å². The fourth-order valence-electron chi connectivity index (χ4n) is 3.23. The van der Waals surface area contributed by atoms with Gasteiger partial charge in [0.15, 0.2) is 11.5 Å². The van der Waals surface area contributed by atoms with Crippen molar-refractivity contribution < 1.29 is 24.5 Å². The summed E-state index contributed by atoms with van der Waals surface area (Å²) >= 11 is 0. The Morgan fingerprint density at radius 1 is 0.867 bits per heavy atom. The number of hydrogen-bond acceptors (Lipinski definition) is 4. The highest BCUT2D eigenvalue weighted by atomic mass is 16.7. The van der Waals surface area contributed by atoms with Gasteiger partial charge < -0.3 is 19.7 Å². The monoisotopic (exact) mass is 420 g/mol. The molecule has 0 radical (unpaired) electrons. The molecule has 0 atom stereocenters. The van der Waals surface area contributed by atoms with Crippen LogP contribution in [0, 0.1) is 0 Å². The van der Waals surface area contributed by atoms with E-state index in [1.807, 2.05) is 0 Å². The van der Waals surface area contributed by atoms with Crippen molar-refractivity contribution in [1.29, 1.82) is 0 Å². The summed E-state index contributed by atoms with van der Waals surface area (Å²) < 4.78 is 10.0. The van der Waals surface area contributed by atoms with Crippen molar-refractivity contribution in [2.45, 2.75) is 96.8 Å². The van der Waals surface area contributed by atoms with E-state index >= 15 is 0 Å². The second-order valence-electron chi connectivity index (χ2n) is 7.77. The number of benzene rings is 1. The molecule has 0 saturated heterocycles. The van der Waals surface area contributed by atoms with Crippen molar-refractivity contribution in [1.82, 2.24) is 0 Å². The Bertz CT molecular complexity index is 597. The van der Waals surface area contributed by atoms with Crippen LogP contribution in [-0.4, -0.2) is 23.0 Å². The molecule has 0 unspecified atom stereocenters. The molecule has 0 aromatic heterocycles. The second kappa shape index (κ2) is 17.7. The summed E-state index contributed by atoms with van der Waals surface area (Å²) in [4.78, 5) is 10.3. The number of fused-ring (bicyclic) bond motifs is 1. The van der Waals surface area contributed by atoms with Crippen molar-refractivity contribution in [3.05, 3.63) is 30.4 Å². The lowest BCUT2D eigenvalue weighted by molar-refractivity contribution is -0.137. The third kappa shape index (κ3) is 13.9. The highest BCUT2D eigenvalue weighted by molar-refractivity contribution is 5.66. The Balaban J connectivity index is 0.000000367. The van der Waals surface area contributed by atoms with E-state index in [0.717, 1.165) is 12.8 Å². The Hall–Kier alpha value is -2.17. The number of rotatable bonds is 15. The molecule has 1 aliphatic heterocycles. The molecule has 0 saturated carbocycles. The number of phenols is 1. The molecule has 0 amide bonds. The predicted molar refractivity (Wildman–Crippen MR) is 121 cm³/mol. The summed E-state index contributed by atoms with van der Waals surface area (Å²) in [5, 5.41) is 17.5. The molecule has 1 aromatic carbocycles. The Labute approximate surface area is 182 Å². The van der Waals surface area contributed by atoms with Crippen molar-refractivity contribution in [3.63, 3.8) is 0 Å². The molecule has 0 fully saturated rings. The maximum Gasteiger partial charge on any atom is 0.303 e. The minimum absolute atomic E-state index is 0.198. The van der Waals surface area contributed by atoms with Crippen LogP contribution in [0.2, 0.25) is 0 Å². The number of carbonyl (C=O) groups is 1. The molecule has 2 N–H and O–H groups in total. The van der Waals surface area contributed by atoms with E-state index in [2.05, 4.69) is 19.1 Å². The largest absolute Gasteiger partial charge is 0.508 e. The van der Waals surface area contributed by atoms with Gasteiger partial charge in [0.2, 0.25) is 6.79 Å². The number of ether oxygens (including phenoxy) is 2. The summed E-state index contributed by atoms with van der Waals surface area (Å²) in [5.74, 6) is 0.838. The first-order valence-corrected chi connectivity index (χ1v) is 11.6. The van der Waals surface area contributed by atoms with Crippen LogP contribution < -0.4 is 9.47 Å². The summed E-state index contributed by atoms with van der Waals surface area (Å²) in [6.45, 7) is 2.51. The first-order chi connectivity index (χ1) is 14.6. The molecule has 30 heavy (non-hydrogen) atoms. The Morgan fingerprint density at radius 2 is 1.43 bits per heavy atom. The smallest absolute Gasteiger partial charge is 0.303 e. The molecule has 0 bridgehead atoms. The molecular formula is C25H40O5. The molecule has 5 nitrogen and oxygen atoms in total. The molecule has 1 aliphatic rings. The molecule has 1 heterocycles. The van der Waals surface area contributed by atoms with Crippen molar-refractivity contribution in [3.8, 4) is 17.2 Å². The van der Waals surface area contributed by atoms with Gasteiger partial charge in [-0.05, 0) is 44.2 Å². The third-order valence-corrected chi connectivity index (χ3v) is 5.01. The molecule has 5 heteroatoms. The molecule has 170 valence electrons. The number of allylic oxidation sites excluding steroid dienone is 2. The van der Waals surface area contributed by atoms with Crippen LogP contribution in [0.4, 0.5) is 0 Å². The highest BCUT2D eigenvalue weighted by Gasteiger charge is 2.12. The van der Waals surface area contributed by atoms with Gasteiger partial charge in [-0.3, -0.25) is 4.79 Å². The van der Waals surface area contributed by atoms with Crippen LogP contribution >= 0.6 is 0 Å². The van der Waals surface area contributed by atoms with E-state index < -0.39 is 5.97 Å². The summed E-state index contributed by atoms with van der Waals surface area (Å²) in [6, 6.07) is 4.77. The zero-order valence-electron chi connectivity index (χ0n) is 18.6. The minimum Gasteiger partial charge on any atom is -0.508 e. The average molecular weight is 421 g/mol. The quantitative estimate of drug-likeness (QED) is 0.231. The highest BCUT2D eigenvalue weighted by Crippen LogP contribution is 2.34. The molecular weight excluding hydrogens is 380 g/mol. The van der Waals surface area contributed by atoms with Gasteiger partial charge in [0.1, 0.15) is 5.75 Å². The van der Waals surface area contributed by atoms with Crippen LogP contribution in [0.5, 0.6) is 17.2 Å².